The van der Waals surface area contributed by atoms with E-state index in [4.69, 9.17) is 0 Å². The van der Waals surface area contributed by atoms with Gasteiger partial charge in [0.05, 0.1) is 6.54 Å². The summed E-state index contributed by atoms with van der Waals surface area (Å²) in [5, 5.41) is 2.81. The number of hydrogen-bond donors (Lipinski definition) is 1. The number of rotatable bonds is 3. The van der Waals surface area contributed by atoms with Crippen LogP contribution in [0.15, 0.2) is 0 Å². The lowest BCUT2D eigenvalue weighted by molar-refractivity contribution is -0.151. The standard InChI is InChI=1S/C13H22N2O2/c1-4-13(3)11(17)15(8-10(16)14-13)9-12(2)6-5-7-12/h4-9H2,1-3H3,(H,14,16). The Labute approximate surface area is 103 Å². The third-order valence-corrected chi connectivity index (χ3v) is 4.35. The smallest absolute Gasteiger partial charge is 0.248 e. The number of carbonyl (C=O) groups excluding carboxylic acids is 2. The Morgan fingerprint density at radius 3 is 2.41 bits per heavy atom. The molecule has 2 rings (SSSR count). The molecule has 4 heteroatoms. The molecule has 2 amide bonds. The lowest BCUT2D eigenvalue weighted by Gasteiger charge is -2.46. The van der Waals surface area contributed by atoms with Crippen LogP contribution in [-0.4, -0.2) is 35.3 Å². The Morgan fingerprint density at radius 2 is 1.94 bits per heavy atom. The summed E-state index contributed by atoms with van der Waals surface area (Å²) in [5.41, 5.74) is -0.461. The van der Waals surface area contributed by atoms with Gasteiger partial charge in [-0.15, -0.1) is 0 Å². The maximum atomic E-state index is 12.4. The van der Waals surface area contributed by atoms with Gasteiger partial charge in [-0.25, -0.2) is 0 Å². The molecule has 1 saturated carbocycles. The molecule has 1 aliphatic heterocycles. The normalized spacial score (nSPS) is 32.1. The molecule has 1 unspecified atom stereocenters. The second-order valence-corrected chi connectivity index (χ2v) is 6.06. The molecule has 4 nitrogen and oxygen atoms in total. The lowest BCUT2D eigenvalue weighted by Crippen LogP contribution is -2.66. The van der Waals surface area contributed by atoms with Gasteiger partial charge in [-0.1, -0.05) is 20.3 Å². The summed E-state index contributed by atoms with van der Waals surface area (Å²) in [5.74, 6) is 0.0459. The van der Waals surface area contributed by atoms with E-state index in [0.717, 1.165) is 6.54 Å². The summed E-state index contributed by atoms with van der Waals surface area (Å²) in [4.78, 5) is 25.8. The first-order valence-electron chi connectivity index (χ1n) is 6.49. The molecule has 0 aromatic rings. The van der Waals surface area contributed by atoms with Gasteiger partial charge in [-0.3, -0.25) is 9.59 Å². The number of nitrogens with one attached hydrogen (secondary N) is 1. The van der Waals surface area contributed by atoms with E-state index in [2.05, 4.69) is 12.2 Å². The van der Waals surface area contributed by atoms with Crippen molar-refractivity contribution in [2.24, 2.45) is 5.41 Å². The molecule has 0 spiro atoms. The molecule has 2 fully saturated rings. The summed E-state index contributed by atoms with van der Waals surface area (Å²) in [7, 11) is 0. The third kappa shape index (κ3) is 2.17. The van der Waals surface area contributed by atoms with Gasteiger partial charge in [-0.05, 0) is 31.6 Å². The molecule has 0 radical (unpaired) electrons. The first-order valence-corrected chi connectivity index (χ1v) is 6.49. The Morgan fingerprint density at radius 1 is 1.29 bits per heavy atom. The van der Waals surface area contributed by atoms with E-state index in [1.54, 1.807) is 4.90 Å². The van der Waals surface area contributed by atoms with E-state index in [1.807, 2.05) is 13.8 Å². The average molecular weight is 238 g/mol. The molecular weight excluding hydrogens is 216 g/mol. The summed E-state index contributed by atoms with van der Waals surface area (Å²) in [6, 6.07) is 0. The van der Waals surface area contributed by atoms with Crippen LogP contribution in [0, 0.1) is 5.41 Å². The van der Waals surface area contributed by atoms with Crippen LogP contribution < -0.4 is 5.32 Å². The van der Waals surface area contributed by atoms with Crippen LogP contribution in [0.5, 0.6) is 0 Å². The number of piperazine rings is 1. The van der Waals surface area contributed by atoms with E-state index >= 15 is 0 Å². The minimum absolute atomic E-state index is 0.0307. The first-order chi connectivity index (χ1) is 7.88. The van der Waals surface area contributed by atoms with Crippen LogP contribution in [0.2, 0.25) is 0 Å². The van der Waals surface area contributed by atoms with Crippen molar-refractivity contribution in [3.63, 3.8) is 0 Å². The SMILES string of the molecule is CCC1(C)NC(=O)CN(CC2(C)CCC2)C1=O. The van der Waals surface area contributed by atoms with Gasteiger partial charge >= 0.3 is 0 Å². The molecular formula is C13H22N2O2. The van der Waals surface area contributed by atoms with Crippen LogP contribution >= 0.6 is 0 Å². The monoisotopic (exact) mass is 238 g/mol. The zero-order valence-electron chi connectivity index (χ0n) is 11.0. The van der Waals surface area contributed by atoms with Crippen molar-refractivity contribution in [3.05, 3.63) is 0 Å². The fraction of sp³-hybridized carbons (Fsp3) is 0.846. The van der Waals surface area contributed by atoms with Gasteiger partial charge < -0.3 is 10.2 Å². The van der Waals surface area contributed by atoms with Gasteiger partial charge in [0.15, 0.2) is 0 Å². The van der Waals surface area contributed by atoms with Crippen molar-refractivity contribution < 1.29 is 9.59 Å². The lowest BCUT2D eigenvalue weighted by atomic mass is 9.70. The number of carbonyl (C=O) groups is 2. The van der Waals surface area contributed by atoms with E-state index < -0.39 is 5.54 Å². The molecule has 1 heterocycles. The minimum Gasteiger partial charge on any atom is -0.340 e. The van der Waals surface area contributed by atoms with Crippen molar-refractivity contribution >= 4 is 11.8 Å². The van der Waals surface area contributed by atoms with Crippen molar-refractivity contribution in [1.82, 2.24) is 10.2 Å². The van der Waals surface area contributed by atoms with Crippen molar-refractivity contribution in [2.45, 2.75) is 52.0 Å². The Balaban J connectivity index is 2.10. The van der Waals surface area contributed by atoms with Crippen molar-refractivity contribution in [1.29, 1.82) is 0 Å². The molecule has 1 aliphatic carbocycles. The van der Waals surface area contributed by atoms with E-state index in [0.29, 0.717) is 6.42 Å². The van der Waals surface area contributed by atoms with Gasteiger partial charge in [0, 0.05) is 6.54 Å². The van der Waals surface area contributed by atoms with Crippen molar-refractivity contribution in [2.75, 3.05) is 13.1 Å². The first kappa shape index (κ1) is 12.4. The Kier molecular flexibility index (Phi) is 2.92. The quantitative estimate of drug-likeness (QED) is 0.805. The summed E-state index contributed by atoms with van der Waals surface area (Å²) < 4.78 is 0. The predicted molar refractivity (Wildman–Crippen MR) is 65.4 cm³/mol. The summed E-state index contributed by atoms with van der Waals surface area (Å²) in [6.07, 6.45) is 4.23. The maximum absolute atomic E-state index is 12.4. The van der Waals surface area contributed by atoms with Gasteiger partial charge in [0.1, 0.15) is 5.54 Å². The molecule has 1 atom stereocenters. The molecule has 1 N–H and O–H groups in total. The highest BCUT2D eigenvalue weighted by molar-refractivity contribution is 5.97. The highest BCUT2D eigenvalue weighted by Gasteiger charge is 2.44. The largest absolute Gasteiger partial charge is 0.340 e. The van der Waals surface area contributed by atoms with Crippen LogP contribution in [0.1, 0.15) is 46.5 Å². The second kappa shape index (κ2) is 4.00. The fourth-order valence-corrected chi connectivity index (χ4v) is 2.76. The van der Waals surface area contributed by atoms with Crippen LogP contribution in [0.3, 0.4) is 0 Å². The Hall–Kier alpha value is -1.06. The number of nitrogens with zero attached hydrogens (tertiary/aromatic N) is 1. The van der Waals surface area contributed by atoms with E-state index in [9.17, 15) is 9.59 Å². The topological polar surface area (TPSA) is 49.4 Å². The number of hydrogen-bond acceptors (Lipinski definition) is 2. The average Bonchev–Trinajstić information content (AvgIpc) is 2.23. The maximum Gasteiger partial charge on any atom is 0.248 e. The predicted octanol–water partition coefficient (Wildman–Crippen LogP) is 1.30. The Bertz CT molecular complexity index is 349. The van der Waals surface area contributed by atoms with Crippen LogP contribution in [0.25, 0.3) is 0 Å². The zero-order chi connectivity index (χ0) is 12.7. The summed E-state index contributed by atoms with van der Waals surface area (Å²) in [6.45, 7) is 6.92. The number of amides is 2. The highest BCUT2D eigenvalue weighted by Crippen LogP contribution is 2.41. The molecule has 0 aromatic heterocycles. The van der Waals surface area contributed by atoms with Gasteiger partial charge in [0.25, 0.3) is 0 Å². The zero-order valence-corrected chi connectivity index (χ0v) is 11.0. The molecule has 0 bridgehead atoms. The van der Waals surface area contributed by atoms with Crippen molar-refractivity contribution in [3.8, 4) is 0 Å². The fourth-order valence-electron chi connectivity index (χ4n) is 2.76. The van der Waals surface area contributed by atoms with Crippen LogP contribution in [0.4, 0.5) is 0 Å². The highest BCUT2D eigenvalue weighted by atomic mass is 16.2. The van der Waals surface area contributed by atoms with Crippen LogP contribution in [-0.2, 0) is 9.59 Å². The van der Waals surface area contributed by atoms with Gasteiger partial charge in [-0.2, -0.15) is 0 Å². The second-order valence-electron chi connectivity index (χ2n) is 6.06. The van der Waals surface area contributed by atoms with E-state index in [-0.39, 0.29) is 23.8 Å². The van der Waals surface area contributed by atoms with E-state index in [1.165, 1.54) is 19.3 Å². The minimum atomic E-state index is -0.699. The van der Waals surface area contributed by atoms with Gasteiger partial charge in [0.2, 0.25) is 11.8 Å². The summed E-state index contributed by atoms with van der Waals surface area (Å²) >= 11 is 0. The molecule has 2 aliphatic rings. The third-order valence-electron chi connectivity index (χ3n) is 4.35. The molecule has 17 heavy (non-hydrogen) atoms. The molecule has 1 saturated heterocycles. The molecule has 0 aromatic carbocycles. The molecule has 96 valence electrons.